The molecule has 0 aromatic carbocycles. The molecule has 0 aromatic heterocycles. The number of nitrogens with zero attached hydrogens (tertiary/aromatic N) is 1. The first-order valence-electron chi connectivity index (χ1n) is 16.4. The molecule has 0 rings (SSSR count). The van der Waals surface area contributed by atoms with Gasteiger partial charge >= 0.3 is 7.82 Å². The van der Waals surface area contributed by atoms with Crippen LogP contribution in [0.1, 0.15) is 175 Å². The first-order chi connectivity index (χ1) is 18.0. The second kappa shape index (κ2) is 27.6. The minimum atomic E-state index is -4.07. The number of hydrogen-bond acceptors (Lipinski definition) is 4. The van der Waals surface area contributed by atoms with E-state index in [0.717, 1.165) is 64.5 Å². The average Bonchev–Trinajstić information content (AvgIpc) is 2.88. The quantitative estimate of drug-likeness (QED) is 0.0550. The highest BCUT2D eigenvalue weighted by Crippen LogP contribution is 2.46. The van der Waals surface area contributed by atoms with Gasteiger partial charge in [-0.1, -0.05) is 143 Å². The van der Waals surface area contributed by atoms with Crippen LogP contribution in [0.2, 0.25) is 0 Å². The van der Waals surface area contributed by atoms with Gasteiger partial charge in [-0.15, -0.1) is 0 Å². The molecule has 0 aliphatic carbocycles. The zero-order valence-electron chi connectivity index (χ0n) is 25.5. The molecule has 0 radical (unpaired) electrons. The van der Waals surface area contributed by atoms with Crippen LogP contribution in [0.5, 0.6) is 0 Å². The molecule has 0 saturated carbocycles. The van der Waals surface area contributed by atoms with Crippen molar-refractivity contribution in [2.45, 2.75) is 182 Å². The van der Waals surface area contributed by atoms with Gasteiger partial charge in [0, 0.05) is 13.1 Å². The van der Waals surface area contributed by atoms with Crippen molar-refractivity contribution >= 4 is 7.82 Å². The lowest BCUT2D eigenvalue weighted by Gasteiger charge is -2.32. The van der Waals surface area contributed by atoms with Gasteiger partial charge < -0.3 is 4.89 Å². The zero-order valence-corrected chi connectivity index (χ0v) is 26.4. The summed E-state index contributed by atoms with van der Waals surface area (Å²) in [4.78, 5) is 13.0. The molecule has 0 aromatic rings. The Balaban J connectivity index is 4.96. The standard InChI is InChI=1S/C31H66NO4P/c1-5-9-13-17-20-24-28-32(29-25-21-18-14-10-6-2)31(27-23-16-12-8-4)36-37(33,34)35-30-26-22-19-15-11-7-3/h31H,5-30H2,1-4H3,(H,33,34). The van der Waals surface area contributed by atoms with Gasteiger partial charge in [-0.05, 0) is 32.1 Å². The van der Waals surface area contributed by atoms with Crippen molar-refractivity contribution in [3.8, 4) is 0 Å². The predicted octanol–water partition coefficient (Wildman–Crippen LogP) is 10.8. The molecule has 224 valence electrons. The van der Waals surface area contributed by atoms with Crippen LogP contribution in [0.3, 0.4) is 0 Å². The van der Waals surface area contributed by atoms with E-state index >= 15 is 0 Å². The summed E-state index contributed by atoms with van der Waals surface area (Å²) in [6, 6.07) is 0. The first kappa shape index (κ1) is 37.1. The SMILES string of the molecule is CCCCCCCCOP(=O)(O)OC(CCCCCC)N(CCCCCCCC)CCCCCCCC. The fraction of sp³-hybridized carbons (Fsp3) is 1.00. The van der Waals surface area contributed by atoms with E-state index in [0.29, 0.717) is 6.61 Å². The summed E-state index contributed by atoms with van der Waals surface area (Å²) >= 11 is 0. The van der Waals surface area contributed by atoms with Crippen molar-refractivity contribution in [2.75, 3.05) is 19.7 Å². The van der Waals surface area contributed by atoms with Crippen LogP contribution in [-0.4, -0.2) is 35.7 Å². The van der Waals surface area contributed by atoms with Crippen LogP contribution in [-0.2, 0) is 13.6 Å². The summed E-state index contributed by atoms with van der Waals surface area (Å²) in [5, 5.41) is 0. The molecule has 0 heterocycles. The summed E-state index contributed by atoms with van der Waals surface area (Å²) in [5.41, 5.74) is 0. The Bertz CT molecular complexity index is 490. The van der Waals surface area contributed by atoms with Crippen molar-refractivity contribution in [2.24, 2.45) is 0 Å². The summed E-state index contributed by atoms with van der Waals surface area (Å²) in [5.74, 6) is 0. The van der Waals surface area contributed by atoms with Crippen LogP contribution in [0.4, 0.5) is 0 Å². The van der Waals surface area contributed by atoms with Crippen molar-refractivity contribution in [3.05, 3.63) is 0 Å². The Labute approximate surface area is 232 Å². The van der Waals surface area contributed by atoms with Crippen LogP contribution in [0.15, 0.2) is 0 Å². The topological polar surface area (TPSA) is 59.0 Å². The molecule has 0 saturated heterocycles. The number of rotatable bonds is 30. The van der Waals surface area contributed by atoms with Crippen LogP contribution in [0, 0.1) is 0 Å². The van der Waals surface area contributed by atoms with E-state index in [1.807, 2.05) is 0 Å². The lowest BCUT2D eigenvalue weighted by Crippen LogP contribution is -2.38. The lowest BCUT2D eigenvalue weighted by molar-refractivity contribution is -0.0135. The molecule has 5 nitrogen and oxygen atoms in total. The normalized spacial score (nSPS) is 14.3. The van der Waals surface area contributed by atoms with E-state index in [1.165, 1.54) is 96.3 Å². The third kappa shape index (κ3) is 24.8. The summed E-state index contributed by atoms with van der Waals surface area (Å²) in [7, 11) is -4.07. The fourth-order valence-corrected chi connectivity index (χ4v) is 5.85. The van der Waals surface area contributed by atoms with E-state index < -0.39 is 7.82 Å². The van der Waals surface area contributed by atoms with Crippen LogP contribution in [0.25, 0.3) is 0 Å². The zero-order chi connectivity index (χ0) is 27.5. The van der Waals surface area contributed by atoms with Gasteiger partial charge in [-0.2, -0.15) is 0 Å². The van der Waals surface area contributed by atoms with Gasteiger partial charge in [0.1, 0.15) is 6.23 Å². The molecular weight excluding hydrogens is 481 g/mol. The van der Waals surface area contributed by atoms with E-state index in [1.54, 1.807) is 0 Å². The summed E-state index contributed by atoms with van der Waals surface area (Å²) in [6.07, 6.45) is 26.8. The van der Waals surface area contributed by atoms with Gasteiger partial charge in [-0.25, -0.2) is 4.57 Å². The smallest absolute Gasteiger partial charge is 0.302 e. The molecular formula is C31H66NO4P. The molecule has 2 unspecified atom stereocenters. The van der Waals surface area contributed by atoms with Gasteiger partial charge in [0.25, 0.3) is 0 Å². The maximum Gasteiger partial charge on any atom is 0.473 e. The molecule has 0 fully saturated rings. The minimum absolute atomic E-state index is 0.303. The van der Waals surface area contributed by atoms with Gasteiger partial charge in [0.2, 0.25) is 0 Å². The molecule has 2 atom stereocenters. The largest absolute Gasteiger partial charge is 0.473 e. The van der Waals surface area contributed by atoms with Gasteiger partial charge in [-0.3, -0.25) is 13.9 Å². The first-order valence-corrected chi connectivity index (χ1v) is 17.9. The Hall–Kier alpha value is 0.0700. The van der Waals surface area contributed by atoms with Crippen LogP contribution < -0.4 is 0 Å². The Kier molecular flexibility index (Phi) is 27.7. The summed E-state index contributed by atoms with van der Waals surface area (Å²) in [6.45, 7) is 11.1. The molecule has 0 aliphatic heterocycles. The highest BCUT2D eigenvalue weighted by molar-refractivity contribution is 7.47. The highest BCUT2D eigenvalue weighted by Gasteiger charge is 2.30. The second-order valence-corrected chi connectivity index (χ2v) is 12.5. The second-order valence-electron chi connectivity index (χ2n) is 11.1. The molecule has 0 spiro atoms. The van der Waals surface area contributed by atoms with Gasteiger partial charge in [0.05, 0.1) is 6.61 Å². The highest BCUT2D eigenvalue weighted by atomic mass is 31.2. The molecule has 0 amide bonds. The van der Waals surface area contributed by atoms with E-state index in [2.05, 4.69) is 32.6 Å². The van der Waals surface area contributed by atoms with E-state index in [9.17, 15) is 9.46 Å². The maximum absolute atomic E-state index is 12.9. The number of unbranched alkanes of at least 4 members (excludes halogenated alkanes) is 18. The molecule has 37 heavy (non-hydrogen) atoms. The third-order valence-electron chi connectivity index (χ3n) is 7.32. The molecule has 0 aliphatic rings. The number of hydrogen-bond donors (Lipinski definition) is 1. The Morgan fingerprint density at radius 1 is 0.568 bits per heavy atom. The average molecular weight is 548 g/mol. The van der Waals surface area contributed by atoms with Crippen molar-refractivity contribution in [3.63, 3.8) is 0 Å². The third-order valence-corrected chi connectivity index (χ3v) is 8.34. The predicted molar refractivity (Wildman–Crippen MR) is 161 cm³/mol. The lowest BCUT2D eigenvalue weighted by atomic mass is 10.1. The molecule has 1 N–H and O–H groups in total. The number of phosphoric ester groups is 1. The monoisotopic (exact) mass is 547 g/mol. The fourth-order valence-electron chi connectivity index (χ4n) is 4.88. The van der Waals surface area contributed by atoms with Crippen molar-refractivity contribution < 1.29 is 18.5 Å². The maximum atomic E-state index is 12.9. The Morgan fingerprint density at radius 2 is 0.946 bits per heavy atom. The van der Waals surface area contributed by atoms with Crippen molar-refractivity contribution in [1.82, 2.24) is 4.90 Å². The van der Waals surface area contributed by atoms with Crippen molar-refractivity contribution in [1.29, 1.82) is 0 Å². The van der Waals surface area contributed by atoms with E-state index in [-0.39, 0.29) is 6.23 Å². The van der Waals surface area contributed by atoms with Crippen LogP contribution >= 0.6 is 7.82 Å². The Morgan fingerprint density at radius 3 is 1.41 bits per heavy atom. The number of phosphoric acid groups is 1. The molecule has 6 heteroatoms. The minimum Gasteiger partial charge on any atom is -0.302 e. The van der Waals surface area contributed by atoms with E-state index in [4.69, 9.17) is 9.05 Å². The van der Waals surface area contributed by atoms with Gasteiger partial charge in [0.15, 0.2) is 0 Å². The summed E-state index contributed by atoms with van der Waals surface area (Å²) < 4.78 is 24.3. The molecule has 0 bridgehead atoms.